The van der Waals surface area contributed by atoms with Gasteiger partial charge in [0, 0.05) is 12.1 Å². The maximum absolute atomic E-state index is 12.6. The summed E-state index contributed by atoms with van der Waals surface area (Å²) in [4.78, 5) is 25.4. The molecule has 0 radical (unpaired) electrons. The van der Waals surface area contributed by atoms with Crippen molar-refractivity contribution < 1.29 is 19.1 Å². The van der Waals surface area contributed by atoms with Crippen molar-refractivity contribution in [1.82, 2.24) is 5.32 Å². The van der Waals surface area contributed by atoms with Gasteiger partial charge in [-0.05, 0) is 48.1 Å². The fourth-order valence-corrected chi connectivity index (χ4v) is 3.64. The van der Waals surface area contributed by atoms with Gasteiger partial charge in [-0.1, -0.05) is 42.5 Å². The van der Waals surface area contributed by atoms with Crippen molar-refractivity contribution in [3.05, 3.63) is 76.5 Å². The third-order valence-electron chi connectivity index (χ3n) is 4.46. The first-order valence-electron chi connectivity index (χ1n) is 9.33. The number of benzene rings is 2. The minimum Gasteiger partial charge on any atom is -0.497 e. The van der Waals surface area contributed by atoms with E-state index >= 15 is 0 Å². The van der Waals surface area contributed by atoms with E-state index in [1.54, 1.807) is 14.0 Å². The molecule has 6 heteroatoms. The average Bonchev–Trinajstić information content (AvgIpc) is 3.25. The summed E-state index contributed by atoms with van der Waals surface area (Å²) < 4.78 is 10.5. The summed E-state index contributed by atoms with van der Waals surface area (Å²) in [5.74, 6) is -0.0110. The molecule has 0 fully saturated rings. The highest BCUT2D eigenvalue weighted by Crippen LogP contribution is 2.29. The van der Waals surface area contributed by atoms with E-state index in [0.29, 0.717) is 17.8 Å². The fourth-order valence-electron chi connectivity index (χ4n) is 2.85. The maximum atomic E-state index is 12.6. The van der Waals surface area contributed by atoms with Crippen molar-refractivity contribution >= 4 is 23.2 Å². The van der Waals surface area contributed by atoms with E-state index in [-0.39, 0.29) is 5.91 Å². The van der Waals surface area contributed by atoms with Crippen molar-refractivity contribution in [2.75, 3.05) is 13.7 Å². The lowest BCUT2D eigenvalue weighted by Crippen LogP contribution is -2.36. The molecule has 1 amide bonds. The molecule has 1 aromatic heterocycles. The van der Waals surface area contributed by atoms with Gasteiger partial charge >= 0.3 is 5.97 Å². The molecule has 1 N–H and O–H groups in total. The van der Waals surface area contributed by atoms with Gasteiger partial charge in [-0.2, -0.15) is 0 Å². The highest BCUT2D eigenvalue weighted by Gasteiger charge is 2.22. The van der Waals surface area contributed by atoms with Gasteiger partial charge in [-0.25, -0.2) is 4.79 Å². The number of nitrogens with one attached hydrogen (secondary N) is 1. The number of thiophene rings is 1. The second-order valence-corrected chi connectivity index (χ2v) is 7.38. The molecule has 1 heterocycles. The monoisotopic (exact) mass is 409 g/mol. The normalized spacial score (nSPS) is 11.5. The lowest BCUT2D eigenvalue weighted by molar-refractivity contribution is -0.129. The summed E-state index contributed by atoms with van der Waals surface area (Å²) in [5, 5.41) is 4.66. The van der Waals surface area contributed by atoms with Crippen LogP contribution >= 0.6 is 11.3 Å². The second-order valence-electron chi connectivity index (χ2n) is 6.47. The number of methoxy groups -OCH3 is 1. The first kappa shape index (κ1) is 20.6. The van der Waals surface area contributed by atoms with E-state index in [0.717, 1.165) is 22.4 Å². The van der Waals surface area contributed by atoms with Gasteiger partial charge < -0.3 is 14.8 Å². The predicted octanol–water partition coefficient (Wildman–Crippen LogP) is 4.33. The summed E-state index contributed by atoms with van der Waals surface area (Å²) in [6.07, 6.45) is -0.191. The Kier molecular flexibility index (Phi) is 7.03. The Bertz CT molecular complexity index is 951. The number of ether oxygens (including phenoxy) is 2. The van der Waals surface area contributed by atoms with E-state index in [1.807, 2.05) is 66.0 Å². The third-order valence-corrected chi connectivity index (χ3v) is 5.35. The van der Waals surface area contributed by atoms with Crippen LogP contribution in [0.4, 0.5) is 0 Å². The summed E-state index contributed by atoms with van der Waals surface area (Å²) in [7, 11) is 1.62. The molecule has 5 nitrogen and oxygen atoms in total. The van der Waals surface area contributed by atoms with Crippen LogP contribution in [0, 0.1) is 0 Å². The van der Waals surface area contributed by atoms with Crippen LogP contribution in [-0.2, 0) is 16.0 Å². The molecule has 29 heavy (non-hydrogen) atoms. The number of hydrogen-bond donors (Lipinski definition) is 1. The van der Waals surface area contributed by atoms with Gasteiger partial charge in [-0.3, -0.25) is 4.79 Å². The van der Waals surface area contributed by atoms with Crippen molar-refractivity contribution in [3.63, 3.8) is 0 Å². The number of carbonyl (C=O) groups is 2. The molecule has 1 atom stereocenters. The quantitative estimate of drug-likeness (QED) is 0.563. The van der Waals surface area contributed by atoms with Crippen LogP contribution in [0.5, 0.6) is 5.75 Å². The lowest BCUT2D eigenvalue weighted by Gasteiger charge is -2.14. The van der Waals surface area contributed by atoms with E-state index in [4.69, 9.17) is 9.47 Å². The number of carbonyl (C=O) groups excluding carboxylic acids is 2. The summed E-state index contributed by atoms with van der Waals surface area (Å²) in [5.41, 5.74) is 2.84. The zero-order chi connectivity index (χ0) is 20.6. The molecule has 0 aliphatic carbocycles. The second kappa shape index (κ2) is 9.89. The highest BCUT2D eigenvalue weighted by molar-refractivity contribution is 7.12. The molecule has 0 bridgehead atoms. The zero-order valence-corrected chi connectivity index (χ0v) is 17.2. The lowest BCUT2D eigenvalue weighted by atomic mass is 10.1. The van der Waals surface area contributed by atoms with Crippen LogP contribution in [0.3, 0.4) is 0 Å². The van der Waals surface area contributed by atoms with Gasteiger partial charge in [0.1, 0.15) is 10.6 Å². The van der Waals surface area contributed by atoms with Gasteiger partial charge in [-0.15, -0.1) is 11.3 Å². The Morgan fingerprint density at radius 2 is 1.76 bits per heavy atom. The topological polar surface area (TPSA) is 64.6 Å². The first-order valence-corrected chi connectivity index (χ1v) is 10.2. The molecule has 1 unspecified atom stereocenters. The Hall–Kier alpha value is -3.12. The molecule has 0 spiro atoms. The summed E-state index contributed by atoms with van der Waals surface area (Å²) in [6.45, 7) is 2.04. The minimum atomic E-state index is -0.871. The van der Waals surface area contributed by atoms with E-state index in [2.05, 4.69) is 5.32 Å². The fraction of sp³-hybridized carbons (Fsp3) is 0.217. The standard InChI is InChI=1S/C23H23NO4S/c1-16(22(25)24-14-12-17-8-10-19(27-2)11-9-17)28-23(26)21-20(13-15-29-21)18-6-4-3-5-7-18/h3-11,13,15-16H,12,14H2,1-2H3,(H,24,25). The van der Waals surface area contributed by atoms with Crippen molar-refractivity contribution in [2.24, 2.45) is 0 Å². The molecule has 3 rings (SSSR count). The van der Waals surface area contributed by atoms with Crippen LogP contribution in [0.25, 0.3) is 11.1 Å². The molecule has 2 aromatic carbocycles. The Morgan fingerprint density at radius 3 is 2.45 bits per heavy atom. The third kappa shape index (κ3) is 5.45. The van der Waals surface area contributed by atoms with Gasteiger partial charge in [0.15, 0.2) is 6.10 Å². The van der Waals surface area contributed by atoms with Crippen molar-refractivity contribution in [1.29, 1.82) is 0 Å². The van der Waals surface area contributed by atoms with Crippen molar-refractivity contribution in [2.45, 2.75) is 19.4 Å². The van der Waals surface area contributed by atoms with Gasteiger partial charge in [0.2, 0.25) is 0 Å². The molecule has 150 valence electrons. The Balaban J connectivity index is 1.52. The smallest absolute Gasteiger partial charge is 0.349 e. The minimum absolute atomic E-state index is 0.315. The summed E-state index contributed by atoms with van der Waals surface area (Å²) in [6, 6.07) is 19.2. The largest absolute Gasteiger partial charge is 0.497 e. The molecule has 3 aromatic rings. The molecule has 0 saturated carbocycles. The number of esters is 1. The average molecular weight is 410 g/mol. The van der Waals surface area contributed by atoms with E-state index in [9.17, 15) is 9.59 Å². The molecule has 0 aliphatic heterocycles. The van der Waals surface area contributed by atoms with Crippen molar-refractivity contribution in [3.8, 4) is 16.9 Å². The SMILES string of the molecule is COc1ccc(CCNC(=O)C(C)OC(=O)c2sccc2-c2ccccc2)cc1. The molecule has 0 aliphatic rings. The van der Waals surface area contributed by atoms with Gasteiger partial charge in [0.25, 0.3) is 5.91 Å². The van der Waals surface area contributed by atoms with Crippen LogP contribution in [-0.4, -0.2) is 31.6 Å². The molecule has 0 saturated heterocycles. The number of hydrogen-bond acceptors (Lipinski definition) is 5. The maximum Gasteiger partial charge on any atom is 0.349 e. The van der Waals surface area contributed by atoms with Crippen LogP contribution in [0.2, 0.25) is 0 Å². The zero-order valence-electron chi connectivity index (χ0n) is 16.4. The molecular weight excluding hydrogens is 386 g/mol. The number of amides is 1. The first-order chi connectivity index (χ1) is 14.1. The Labute approximate surface area is 174 Å². The predicted molar refractivity (Wildman–Crippen MR) is 114 cm³/mol. The summed E-state index contributed by atoms with van der Waals surface area (Å²) >= 11 is 1.31. The van der Waals surface area contributed by atoms with E-state index in [1.165, 1.54) is 11.3 Å². The Morgan fingerprint density at radius 1 is 1.03 bits per heavy atom. The van der Waals surface area contributed by atoms with E-state index < -0.39 is 12.1 Å². The van der Waals surface area contributed by atoms with Crippen LogP contribution in [0.1, 0.15) is 22.2 Å². The highest BCUT2D eigenvalue weighted by atomic mass is 32.1. The number of rotatable bonds is 8. The van der Waals surface area contributed by atoms with Crippen LogP contribution in [0.15, 0.2) is 66.0 Å². The van der Waals surface area contributed by atoms with Gasteiger partial charge in [0.05, 0.1) is 7.11 Å². The molecular formula is C23H23NO4S. The van der Waals surface area contributed by atoms with Crippen LogP contribution < -0.4 is 10.1 Å².